The van der Waals surface area contributed by atoms with Gasteiger partial charge in [-0.15, -0.1) is 0 Å². The maximum Gasteiger partial charge on any atom is 0.264 e. The summed E-state index contributed by atoms with van der Waals surface area (Å²) in [5, 5.41) is 2.98. The molecular formula is C30H38N2O6S. The van der Waals surface area contributed by atoms with E-state index < -0.39 is 22.5 Å². The summed E-state index contributed by atoms with van der Waals surface area (Å²) in [6.07, 6.45) is 0. The molecule has 0 saturated heterocycles. The number of methoxy groups -OCH3 is 3. The number of amides is 1. The van der Waals surface area contributed by atoms with Crippen molar-refractivity contribution in [1.29, 1.82) is 0 Å². The quantitative estimate of drug-likeness (QED) is 0.335. The second-order valence-corrected chi connectivity index (χ2v) is 11.6. The summed E-state index contributed by atoms with van der Waals surface area (Å²) in [6, 6.07) is 14.9. The number of ether oxygens (including phenoxy) is 3. The summed E-state index contributed by atoms with van der Waals surface area (Å²) in [6.45, 7) is 9.41. The molecule has 0 radical (unpaired) electrons. The Hall–Kier alpha value is -3.72. The zero-order chi connectivity index (χ0) is 28.9. The standard InChI is InChI=1S/C30H38N2O6S/c1-19(2)25-17-26(21(4)15-29(25)38-8)22(5)31-30(33)18-32(27-16-23(36-6)11-14-28(27)37-7)39(34,35)24-12-9-20(3)10-13-24/h9-17,19,22H,18H2,1-8H3,(H,31,33)/t22-/m0/s1. The fourth-order valence-corrected chi connectivity index (χ4v) is 5.86. The van der Waals surface area contributed by atoms with Gasteiger partial charge < -0.3 is 19.5 Å². The summed E-state index contributed by atoms with van der Waals surface area (Å²) in [5.41, 5.74) is 4.04. The molecule has 0 unspecified atom stereocenters. The van der Waals surface area contributed by atoms with Crippen LogP contribution in [-0.2, 0) is 14.8 Å². The third kappa shape index (κ3) is 6.65. The van der Waals surface area contributed by atoms with Gasteiger partial charge in [0.1, 0.15) is 23.8 Å². The van der Waals surface area contributed by atoms with Crippen molar-refractivity contribution >= 4 is 21.6 Å². The Balaban J connectivity index is 2.01. The van der Waals surface area contributed by atoms with Crippen molar-refractivity contribution < 1.29 is 27.4 Å². The van der Waals surface area contributed by atoms with Crippen molar-refractivity contribution in [2.45, 2.75) is 51.5 Å². The molecule has 0 fully saturated rings. The molecule has 3 aromatic carbocycles. The van der Waals surface area contributed by atoms with E-state index >= 15 is 0 Å². The van der Waals surface area contributed by atoms with E-state index in [2.05, 4.69) is 19.2 Å². The van der Waals surface area contributed by atoms with Gasteiger partial charge in [-0.05, 0) is 79.8 Å². The number of benzene rings is 3. The summed E-state index contributed by atoms with van der Waals surface area (Å²) < 4.78 is 45.2. The molecule has 39 heavy (non-hydrogen) atoms. The molecular weight excluding hydrogens is 516 g/mol. The Bertz CT molecular complexity index is 1420. The molecule has 0 aliphatic heterocycles. The lowest BCUT2D eigenvalue weighted by molar-refractivity contribution is -0.120. The molecule has 0 bridgehead atoms. The van der Waals surface area contributed by atoms with Gasteiger partial charge >= 0.3 is 0 Å². The summed E-state index contributed by atoms with van der Waals surface area (Å²) in [4.78, 5) is 13.5. The molecule has 9 heteroatoms. The highest BCUT2D eigenvalue weighted by Gasteiger charge is 2.30. The number of sulfonamides is 1. The predicted octanol–water partition coefficient (Wildman–Crippen LogP) is 5.53. The number of hydrogen-bond acceptors (Lipinski definition) is 6. The zero-order valence-corrected chi connectivity index (χ0v) is 24.7. The van der Waals surface area contributed by atoms with Crippen LogP contribution < -0.4 is 23.8 Å². The van der Waals surface area contributed by atoms with Gasteiger partial charge in [-0.3, -0.25) is 9.10 Å². The molecule has 0 aliphatic carbocycles. The average Bonchev–Trinajstić information content (AvgIpc) is 2.90. The summed E-state index contributed by atoms with van der Waals surface area (Å²) in [5.74, 6) is 1.27. The van der Waals surface area contributed by atoms with E-state index in [1.807, 2.05) is 32.9 Å². The third-order valence-corrected chi connectivity index (χ3v) is 8.41. The van der Waals surface area contributed by atoms with E-state index in [1.54, 1.807) is 37.4 Å². The lowest BCUT2D eigenvalue weighted by Crippen LogP contribution is -2.41. The van der Waals surface area contributed by atoms with Crippen LogP contribution in [0.3, 0.4) is 0 Å². The Kier molecular flexibility index (Phi) is 9.50. The third-order valence-electron chi connectivity index (χ3n) is 6.64. The van der Waals surface area contributed by atoms with Crippen LogP contribution in [0.15, 0.2) is 59.5 Å². The van der Waals surface area contributed by atoms with E-state index in [4.69, 9.17) is 14.2 Å². The SMILES string of the molecule is COc1ccc(OC)c(N(CC(=O)N[C@@H](C)c2cc(C(C)C)c(OC)cc2C)S(=O)(=O)c2ccc(C)cc2)c1. The predicted molar refractivity (Wildman–Crippen MR) is 154 cm³/mol. The minimum atomic E-state index is -4.14. The van der Waals surface area contributed by atoms with Crippen LogP contribution in [0.5, 0.6) is 17.2 Å². The monoisotopic (exact) mass is 554 g/mol. The molecule has 0 aliphatic rings. The first-order chi connectivity index (χ1) is 18.4. The van der Waals surface area contributed by atoms with Gasteiger partial charge in [0.15, 0.2) is 0 Å². The highest BCUT2D eigenvalue weighted by Crippen LogP contribution is 2.36. The molecule has 0 saturated carbocycles. The first kappa shape index (κ1) is 29.8. The second kappa shape index (κ2) is 12.4. The Morgan fingerprint density at radius 3 is 2.05 bits per heavy atom. The van der Waals surface area contributed by atoms with Gasteiger partial charge in [0.25, 0.3) is 10.0 Å². The number of rotatable bonds is 11. The molecule has 0 heterocycles. The largest absolute Gasteiger partial charge is 0.497 e. The van der Waals surface area contributed by atoms with Crippen molar-refractivity contribution in [3.63, 3.8) is 0 Å². The molecule has 210 valence electrons. The second-order valence-electron chi connectivity index (χ2n) is 9.76. The molecule has 1 amide bonds. The van der Waals surface area contributed by atoms with Crippen molar-refractivity contribution in [2.24, 2.45) is 0 Å². The molecule has 1 N–H and O–H groups in total. The number of nitrogens with one attached hydrogen (secondary N) is 1. The van der Waals surface area contributed by atoms with E-state index in [-0.39, 0.29) is 22.5 Å². The fraction of sp³-hybridized carbons (Fsp3) is 0.367. The van der Waals surface area contributed by atoms with Crippen molar-refractivity contribution in [3.8, 4) is 17.2 Å². The van der Waals surface area contributed by atoms with Gasteiger partial charge in [-0.25, -0.2) is 8.42 Å². The number of anilines is 1. The smallest absolute Gasteiger partial charge is 0.264 e. The normalized spacial score (nSPS) is 12.1. The molecule has 8 nitrogen and oxygen atoms in total. The average molecular weight is 555 g/mol. The maximum atomic E-state index is 13.9. The number of carbonyl (C=O) groups excluding carboxylic acids is 1. The lowest BCUT2D eigenvalue weighted by Gasteiger charge is -2.27. The highest BCUT2D eigenvalue weighted by molar-refractivity contribution is 7.92. The van der Waals surface area contributed by atoms with Gasteiger partial charge in [0.2, 0.25) is 5.91 Å². The molecule has 1 atom stereocenters. The van der Waals surface area contributed by atoms with Gasteiger partial charge in [-0.2, -0.15) is 0 Å². The van der Waals surface area contributed by atoms with Gasteiger partial charge in [0, 0.05) is 6.07 Å². The van der Waals surface area contributed by atoms with Gasteiger partial charge in [-0.1, -0.05) is 31.5 Å². The minimum Gasteiger partial charge on any atom is -0.497 e. The summed E-state index contributed by atoms with van der Waals surface area (Å²) >= 11 is 0. The van der Waals surface area contributed by atoms with Crippen molar-refractivity contribution in [3.05, 3.63) is 76.9 Å². The molecule has 0 spiro atoms. The number of aryl methyl sites for hydroxylation is 2. The maximum absolute atomic E-state index is 13.9. The van der Waals surface area contributed by atoms with Gasteiger partial charge in [0.05, 0.1) is 38.0 Å². The molecule has 0 aromatic heterocycles. The number of nitrogens with zero attached hydrogens (tertiary/aromatic N) is 1. The summed E-state index contributed by atoms with van der Waals surface area (Å²) in [7, 11) is 0.436. The van der Waals surface area contributed by atoms with E-state index in [9.17, 15) is 13.2 Å². The van der Waals surface area contributed by atoms with Crippen LogP contribution in [0.1, 0.15) is 55.0 Å². The Labute approximate surface area is 231 Å². The van der Waals surface area contributed by atoms with Crippen LogP contribution in [0, 0.1) is 13.8 Å². The number of carbonyl (C=O) groups is 1. The van der Waals surface area contributed by atoms with Crippen LogP contribution in [0.25, 0.3) is 0 Å². The Morgan fingerprint density at radius 1 is 0.846 bits per heavy atom. The number of hydrogen-bond donors (Lipinski definition) is 1. The minimum absolute atomic E-state index is 0.0615. The highest BCUT2D eigenvalue weighted by atomic mass is 32.2. The van der Waals surface area contributed by atoms with E-state index in [0.29, 0.717) is 11.5 Å². The van der Waals surface area contributed by atoms with Crippen LogP contribution in [0.2, 0.25) is 0 Å². The van der Waals surface area contributed by atoms with Crippen molar-refractivity contribution in [1.82, 2.24) is 5.32 Å². The van der Waals surface area contributed by atoms with Crippen LogP contribution in [0.4, 0.5) is 5.69 Å². The Morgan fingerprint density at radius 2 is 1.49 bits per heavy atom. The van der Waals surface area contributed by atoms with Crippen LogP contribution in [-0.4, -0.2) is 42.2 Å². The molecule has 3 aromatic rings. The van der Waals surface area contributed by atoms with E-state index in [1.165, 1.54) is 26.4 Å². The molecule has 3 rings (SSSR count). The van der Waals surface area contributed by atoms with Crippen LogP contribution >= 0.6 is 0 Å². The lowest BCUT2D eigenvalue weighted by atomic mass is 9.93. The van der Waals surface area contributed by atoms with Crippen molar-refractivity contribution in [2.75, 3.05) is 32.2 Å². The topological polar surface area (TPSA) is 94.2 Å². The van der Waals surface area contributed by atoms with E-state index in [0.717, 1.165) is 32.3 Å². The fourth-order valence-electron chi connectivity index (χ4n) is 4.43. The zero-order valence-electron chi connectivity index (χ0n) is 23.9. The first-order valence-corrected chi connectivity index (χ1v) is 14.2. The first-order valence-electron chi connectivity index (χ1n) is 12.7.